The number of ketones is 1. The molecule has 0 saturated carbocycles. The minimum absolute atomic E-state index is 0.269. The lowest BCUT2D eigenvalue weighted by Crippen LogP contribution is -2.41. The van der Waals surface area contributed by atoms with E-state index < -0.39 is 31.3 Å². The number of carbonyl (C=O) groups is 1. The van der Waals surface area contributed by atoms with Gasteiger partial charge in [-0.3, -0.25) is 4.79 Å². The van der Waals surface area contributed by atoms with Crippen LogP contribution in [0.1, 0.15) is 112 Å². The molecule has 282 valence electrons. The van der Waals surface area contributed by atoms with Crippen molar-refractivity contribution < 1.29 is 52.2 Å². The molecular formula is C40H51NO11. The van der Waals surface area contributed by atoms with E-state index >= 15 is 0 Å². The quantitative estimate of drug-likeness (QED) is 0.229. The predicted molar refractivity (Wildman–Crippen MR) is 189 cm³/mol. The van der Waals surface area contributed by atoms with Gasteiger partial charge >= 0.3 is 0 Å². The van der Waals surface area contributed by atoms with E-state index in [0.717, 1.165) is 89.9 Å². The molecule has 0 bridgehead atoms. The minimum Gasteiger partial charge on any atom is -0.465 e. The number of carbonyl (C=O) groups excluding carboxylic acids is 1. The van der Waals surface area contributed by atoms with Gasteiger partial charge in [0.1, 0.15) is 11.5 Å². The van der Waals surface area contributed by atoms with Crippen molar-refractivity contribution in [2.75, 3.05) is 33.0 Å². The topological polar surface area (TPSA) is 122 Å². The van der Waals surface area contributed by atoms with Gasteiger partial charge in [-0.15, -0.1) is 0 Å². The number of fused-ring (bicyclic) bond motifs is 1. The Bertz CT molecular complexity index is 1530. The van der Waals surface area contributed by atoms with Crippen LogP contribution in [-0.2, 0) is 28.4 Å². The number of benzene rings is 2. The SMILES string of the molecule is O=C1c2c(cc(OC3CCCCO3)cc2OC2CCCCO2)N=C(c2ccc(OC3CCCCO3)c(OC3CCCCO3)c2)C1OC1CCCCO1. The zero-order valence-corrected chi connectivity index (χ0v) is 29.9. The fraction of sp³-hybridized carbons (Fsp3) is 0.650. The molecule has 0 amide bonds. The summed E-state index contributed by atoms with van der Waals surface area (Å²) in [6.07, 6.45) is 10.4. The summed E-state index contributed by atoms with van der Waals surface area (Å²) in [7, 11) is 0. The Hall–Kier alpha value is -3.26. The molecule has 6 aliphatic rings. The number of hydrogen-bond acceptors (Lipinski definition) is 12. The average molecular weight is 722 g/mol. The third kappa shape index (κ3) is 8.75. The second kappa shape index (κ2) is 17.3. The van der Waals surface area contributed by atoms with Crippen LogP contribution in [0.3, 0.4) is 0 Å². The second-order valence-electron chi connectivity index (χ2n) is 14.3. The van der Waals surface area contributed by atoms with E-state index in [1.54, 1.807) is 12.1 Å². The van der Waals surface area contributed by atoms with E-state index in [-0.39, 0.29) is 12.1 Å². The Balaban J connectivity index is 1.19. The molecule has 6 heterocycles. The largest absolute Gasteiger partial charge is 0.465 e. The summed E-state index contributed by atoms with van der Waals surface area (Å²) in [5.74, 6) is 1.65. The van der Waals surface area contributed by atoms with Gasteiger partial charge in [-0.25, -0.2) is 4.99 Å². The lowest BCUT2D eigenvalue weighted by molar-refractivity contribution is -0.166. The molecule has 12 nitrogen and oxygen atoms in total. The van der Waals surface area contributed by atoms with Crippen molar-refractivity contribution in [1.82, 2.24) is 0 Å². The van der Waals surface area contributed by atoms with Gasteiger partial charge in [0.15, 0.2) is 49.1 Å². The summed E-state index contributed by atoms with van der Waals surface area (Å²) in [5, 5.41) is 0. The molecular weight excluding hydrogens is 670 g/mol. The van der Waals surface area contributed by atoms with Crippen LogP contribution in [0.25, 0.3) is 0 Å². The Labute approximate surface area is 305 Å². The second-order valence-corrected chi connectivity index (χ2v) is 14.3. The number of hydrogen-bond donors (Lipinski definition) is 0. The van der Waals surface area contributed by atoms with Crippen LogP contribution in [-0.4, -0.2) is 82.1 Å². The van der Waals surface area contributed by atoms with Crippen LogP contribution in [0.2, 0.25) is 0 Å². The molecule has 0 spiro atoms. The van der Waals surface area contributed by atoms with Crippen molar-refractivity contribution >= 4 is 17.2 Å². The molecule has 6 unspecified atom stereocenters. The van der Waals surface area contributed by atoms with Crippen LogP contribution >= 0.6 is 0 Å². The summed E-state index contributed by atoms with van der Waals surface area (Å²) in [6.45, 7) is 3.10. The van der Waals surface area contributed by atoms with Crippen LogP contribution in [0.4, 0.5) is 5.69 Å². The van der Waals surface area contributed by atoms with Gasteiger partial charge in [0.25, 0.3) is 0 Å². The first-order chi connectivity index (χ1) is 25.7. The first-order valence-electron chi connectivity index (χ1n) is 19.5. The first-order valence-corrected chi connectivity index (χ1v) is 19.5. The van der Waals surface area contributed by atoms with Crippen molar-refractivity contribution in [1.29, 1.82) is 0 Å². The van der Waals surface area contributed by atoms with Gasteiger partial charge in [-0.2, -0.15) is 0 Å². The molecule has 8 rings (SSSR count). The lowest BCUT2D eigenvalue weighted by atomic mass is 9.92. The average Bonchev–Trinajstić information content (AvgIpc) is 3.18. The number of rotatable bonds is 11. The molecule has 0 N–H and O–H groups in total. The van der Waals surface area contributed by atoms with Gasteiger partial charge in [0, 0.05) is 50.0 Å². The van der Waals surface area contributed by atoms with Gasteiger partial charge < -0.3 is 47.4 Å². The molecule has 0 aromatic heterocycles. The van der Waals surface area contributed by atoms with Gasteiger partial charge in [-0.1, -0.05) is 0 Å². The third-order valence-corrected chi connectivity index (χ3v) is 10.3. The van der Waals surface area contributed by atoms with Gasteiger partial charge in [0.05, 0.1) is 43.4 Å². The van der Waals surface area contributed by atoms with Crippen LogP contribution in [0.15, 0.2) is 35.3 Å². The van der Waals surface area contributed by atoms with E-state index in [2.05, 4.69) is 0 Å². The van der Waals surface area contributed by atoms with Crippen LogP contribution < -0.4 is 18.9 Å². The maximum Gasteiger partial charge on any atom is 0.203 e. The highest BCUT2D eigenvalue weighted by Gasteiger charge is 2.40. The maximum absolute atomic E-state index is 14.8. The van der Waals surface area contributed by atoms with Gasteiger partial charge in [0.2, 0.25) is 5.78 Å². The molecule has 52 heavy (non-hydrogen) atoms. The standard InChI is InChI=1S/C40H51NO11/c42-39-37-28(24-27(48-32-11-1-6-18-43-32)25-31(37)51-35-14-4-9-21-46-35)41-38(40(39)52-36-15-5-10-22-47-36)26-16-17-29(49-33-12-2-7-19-44-33)30(23-26)50-34-13-3-8-20-45-34/h16-17,23-25,32-36,40H,1-15,18-22H2. The highest BCUT2D eigenvalue weighted by Crippen LogP contribution is 2.43. The van der Waals surface area contributed by atoms with Gasteiger partial charge in [-0.05, 0) is 88.8 Å². The monoisotopic (exact) mass is 721 g/mol. The first kappa shape index (κ1) is 35.8. The number of nitrogens with zero attached hydrogens (tertiary/aromatic N) is 1. The molecule has 6 atom stereocenters. The Kier molecular flexibility index (Phi) is 11.9. The zero-order chi connectivity index (χ0) is 35.1. The van der Waals surface area contributed by atoms with Crippen molar-refractivity contribution in [3.63, 3.8) is 0 Å². The zero-order valence-electron chi connectivity index (χ0n) is 29.9. The molecule has 6 aliphatic heterocycles. The summed E-state index contributed by atoms with van der Waals surface area (Å²) in [6, 6.07) is 9.17. The summed E-state index contributed by atoms with van der Waals surface area (Å²) in [5.41, 5.74) is 1.85. The van der Waals surface area contributed by atoms with Crippen LogP contribution in [0.5, 0.6) is 23.0 Å². The number of Topliss-reactive ketones (excluding diaryl/α,β-unsaturated/α-hetero) is 1. The van der Waals surface area contributed by atoms with E-state index in [0.29, 0.717) is 85.0 Å². The molecule has 0 aliphatic carbocycles. The Morgan fingerprint density at radius 3 is 1.56 bits per heavy atom. The smallest absolute Gasteiger partial charge is 0.203 e. The number of ether oxygens (including phenoxy) is 10. The van der Waals surface area contributed by atoms with Crippen molar-refractivity contribution in [2.24, 2.45) is 4.99 Å². The van der Waals surface area contributed by atoms with Crippen LogP contribution in [0, 0.1) is 0 Å². The normalized spacial score (nSPS) is 29.8. The number of aliphatic imine (C=N–C) groups is 1. The molecule has 5 fully saturated rings. The highest BCUT2D eigenvalue weighted by atomic mass is 16.7. The maximum atomic E-state index is 14.8. The van der Waals surface area contributed by atoms with Crippen molar-refractivity contribution in [3.05, 3.63) is 41.5 Å². The highest BCUT2D eigenvalue weighted by molar-refractivity contribution is 6.26. The van der Waals surface area contributed by atoms with E-state index in [9.17, 15) is 4.79 Å². The molecule has 12 heteroatoms. The molecule has 2 aromatic rings. The van der Waals surface area contributed by atoms with Crippen molar-refractivity contribution in [2.45, 2.75) is 134 Å². The summed E-state index contributed by atoms with van der Waals surface area (Å²) >= 11 is 0. The lowest BCUT2D eigenvalue weighted by Gasteiger charge is -2.32. The molecule has 5 saturated heterocycles. The summed E-state index contributed by atoms with van der Waals surface area (Å²) in [4.78, 5) is 20.0. The van der Waals surface area contributed by atoms with Crippen molar-refractivity contribution in [3.8, 4) is 23.0 Å². The Morgan fingerprint density at radius 2 is 1.02 bits per heavy atom. The van der Waals surface area contributed by atoms with E-state index in [1.807, 2.05) is 18.2 Å². The molecule has 0 radical (unpaired) electrons. The minimum atomic E-state index is -1.06. The van der Waals surface area contributed by atoms with E-state index in [4.69, 9.17) is 52.4 Å². The predicted octanol–water partition coefficient (Wildman–Crippen LogP) is 7.54. The van der Waals surface area contributed by atoms with E-state index in [1.165, 1.54) is 0 Å². The summed E-state index contributed by atoms with van der Waals surface area (Å²) < 4.78 is 61.9. The Morgan fingerprint density at radius 1 is 0.519 bits per heavy atom. The third-order valence-electron chi connectivity index (χ3n) is 10.3. The molecule has 2 aromatic carbocycles. The fourth-order valence-corrected chi connectivity index (χ4v) is 7.48. The fourth-order valence-electron chi connectivity index (χ4n) is 7.48.